The summed E-state index contributed by atoms with van der Waals surface area (Å²) in [6.07, 6.45) is 0.744. The van der Waals surface area contributed by atoms with Crippen LogP contribution in [0.2, 0.25) is 0 Å². The lowest BCUT2D eigenvalue weighted by atomic mass is 9.85. The standard InChI is InChI=1S/C21H22F5N7/c22-16(23)11-33-19-15(9-29-33)28-10-17(31-19)30-14-1-3-20(8-14)4-6-32(12-20)18-7-13(2-5-27-18)21(24,25)26/h2,5,7,9-10,14,16H,1,3-4,6,8,11-12H2,(H,30,31). The maximum absolute atomic E-state index is 13.1. The monoisotopic (exact) mass is 467 g/mol. The topological polar surface area (TPSA) is 71.8 Å². The van der Waals surface area contributed by atoms with Crippen LogP contribution >= 0.6 is 0 Å². The Morgan fingerprint density at radius 1 is 1.18 bits per heavy atom. The molecule has 2 unspecified atom stereocenters. The van der Waals surface area contributed by atoms with Crippen LogP contribution in [0.15, 0.2) is 30.7 Å². The van der Waals surface area contributed by atoms with Crippen LogP contribution < -0.4 is 10.2 Å². The zero-order valence-corrected chi connectivity index (χ0v) is 17.6. The van der Waals surface area contributed by atoms with Crippen molar-refractivity contribution in [2.45, 2.75) is 50.9 Å². The average Bonchev–Trinajstić information content (AvgIpc) is 3.47. The first-order valence-corrected chi connectivity index (χ1v) is 10.7. The summed E-state index contributed by atoms with van der Waals surface area (Å²) in [6.45, 7) is 0.749. The van der Waals surface area contributed by atoms with E-state index < -0.39 is 24.7 Å². The van der Waals surface area contributed by atoms with Gasteiger partial charge in [-0.25, -0.2) is 28.4 Å². The molecule has 1 N–H and O–H groups in total. The number of fused-ring (bicyclic) bond motifs is 1. The van der Waals surface area contributed by atoms with Gasteiger partial charge in [0.1, 0.15) is 23.7 Å². The Hall–Kier alpha value is -3.05. The van der Waals surface area contributed by atoms with Gasteiger partial charge in [-0.05, 0) is 43.2 Å². The first-order valence-electron chi connectivity index (χ1n) is 10.7. The second-order valence-electron chi connectivity index (χ2n) is 8.84. The van der Waals surface area contributed by atoms with Crippen molar-refractivity contribution in [3.05, 3.63) is 36.3 Å². The minimum atomic E-state index is -4.40. The molecule has 5 rings (SSSR count). The Balaban J connectivity index is 1.26. The highest BCUT2D eigenvalue weighted by Gasteiger charge is 2.45. The highest BCUT2D eigenvalue weighted by molar-refractivity contribution is 5.71. The third kappa shape index (κ3) is 4.42. The van der Waals surface area contributed by atoms with Crippen molar-refractivity contribution >= 4 is 22.8 Å². The van der Waals surface area contributed by atoms with Crippen LogP contribution in [-0.4, -0.2) is 50.3 Å². The molecule has 2 aliphatic rings. The van der Waals surface area contributed by atoms with Gasteiger partial charge in [-0.15, -0.1) is 0 Å². The zero-order valence-electron chi connectivity index (χ0n) is 17.6. The van der Waals surface area contributed by atoms with E-state index in [9.17, 15) is 22.0 Å². The maximum atomic E-state index is 13.1. The molecule has 7 nitrogen and oxygen atoms in total. The molecule has 1 aliphatic heterocycles. The molecule has 0 amide bonds. The molecule has 176 valence electrons. The quantitative estimate of drug-likeness (QED) is 0.562. The van der Waals surface area contributed by atoms with Crippen molar-refractivity contribution in [2.24, 2.45) is 5.41 Å². The molecule has 3 aromatic rings. The predicted molar refractivity (Wildman–Crippen MR) is 111 cm³/mol. The van der Waals surface area contributed by atoms with Crippen LogP contribution in [0.3, 0.4) is 0 Å². The fraction of sp³-hybridized carbons (Fsp3) is 0.524. The normalized spacial score (nSPS) is 23.3. The van der Waals surface area contributed by atoms with E-state index in [2.05, 4.69) is 25.4 Å². The molecular formula is C21H22F5N7. The van der Waals surface area contributed by atoms with Crippen molar-refractivity contribution in [1.82, 2.24) is 24.7 Å². The lowest BCUT2D eigenvalue weighted by molar-refractivity contribution is -0.137. The molecule has 1 saturated carbocycles. The summed E-state index contributed by atoms with van der Waals surface area (Å²) in [5.41, 5.74) is 0.0435. The van der Waals surface area contributed by atoms with Gasteiger partial charge in [0.15, 0.2) is 5.65 Å². The van der Waals surface area contributed by atoms with Gasteiger partial charge in [0.05, 0.1) is 18.0 Å². The van der Waals surface area contributed by atoms with Crippen LogP contribution in [0.1, 0.15) is 31.2 Å². The average molecular weight is 467 g/mol. The summed E-state index contributed by atoms with van der Waals surface area (Å²) in [4.78, 5) is 14.8. The Bertz CT molecular complexity index is 1150. The zero-order chi connectivity index (χ0) is 23.2. The van der Waals surface area contributed by atoms with E-state index in [4.69, 9.17) is 0 Å². The lowest BCUT2D eigenvalue weighted by Gasteiger charge is -2.25. The van der Waals surface area contributed by atoms with E-state index in [1.807, 2.05) is 4.90 Å². The summed E-state index contributed by atoms with van der Waals surface area (Å²) in [5.74, 6) is 0.844. The smallest absolute Gasteiger partial charge is 0.366 e. The van der Waals surface area contributed by atoms with Gasteiger partial charge >= 0.3 is 6.18 Å². The van der Waals surface area contributed by atoms with Gasteiger partial charge in [-0.3, -0.25) is 0 Å². The van der Waals surface area contributed by atoms with Gasteiger partial charge in [0.2, 0.25) is 0 Å². The number of anilines is 2. The van der Waals surface area contributed by atoms with E-state index in [0.29, 0.717) is 35.9 Å². The number of hydrogen-bond acceptors (Lipinski definition) is 6. The molecule has 0 radical (unpaired) electrons. The van der Waals surface area contributed by atoms with Crippen LogP contribution in [-0.2, 0) is 12.7 Å². The summed E-state index contributed by atoms with van der Waals surface area (Å²) < 4.78 is 65.9. The first-order chi connectivity index (χ1) is 15.7. The number of rotatable bonds is 5. The van der Waals surface area contributed by atoms with Crippen molar-refractivity contribution in [2.75, 3.05) is 23.3 Å². The van der Waals surface area contributed by atoms with Crippen LogP contribution in [0.25, 0.3) is 11.2 Å². The molecule has 1 aliphatic carbocycles. The number of halogens is 5. The van der Waals surface area contributed by atoms with Crippen molar-refractivity contribution in [3.8, 4) is 0 Å². The third-order valence-electron chi connectivity index (χ3n) is 6.55. The molecule has 1 saturated heterocycles. The van der Waals surface area contributed by atoms with E-state index in [1.54, 1.807) is 6.20 Å². The first kappa shape index (κ1) is 21.8. The van der Waals surface area contributed by atoms with Gasteiger partial charge in [0, 0.05) is 25.3 Å². The van der Waals surface area contributed by atoms with Gasteiger partial charge < -0.3 is 10.2 Å². The number of hydrogen-bond donors (Lipinski definition) is 1. The molecular weight excluding hydrogens is 445 g/mol. The summed E-state index contributed by atoms with van der Waals surface area (Å²) >= 11 is 0. The summed E-state index contributed by atoms with van der Waals surface area (Å²) in [5, 5.41) is 7.28. The van der Waals surface area contributed by atoms with E-state index in [-0.39, 0.29) is 11.5 Å². The van der Waals surface area contributed by atoms with Crippen molar-refractivity contribution in [1.29, 1.82) is 0 Å². The number of nitrogens with zero attached hydrogens (tertiary/aromatic N) is 6. The maximum Gasteiger partial charge on any atom is 0.416 e. The Morgan fingerprint density at radius 2 is 2.03 bits per heavy atom. The summed E-state index contributed by atoms with van der Waals surface area (Å²) in [6, 6.07) is 2.20. The second kappa shape index (κ2) is 8.07. The Labute approximate surface area is 186 Å². The molecule has 4 heterocycles. The van der Waals surface area contributed by atoms with Gasteiger partial charge in [0.25, 0.3) is 6.43 Å². The lowest BCUT2D eigenvalue weighted by Crippen LogP contribution is -2.27. The predicted octanol–water partition coefficient (Wildman–Crippen LogP) is 4.37. The molecule has 33 heavy (non-hydrogen) atoms. The molecule has 1 spiro atoms. The van der Waals surface area contributed by atoms with Crippen LogP contribution in [0, 0.1) is 5.41 Å². The molecule has 0 aromatic carbocycles. The third-order valence-corrected chi connectivity index (χ3v) is 6.55. The highest BCUT2D eigenvalue weighted by atomic mass is 19.4. The molecule has 2 atom stereocenters. The van der Waals surface area contributed by atoms with Gasteiger partial charge in [-0.1, -0.05) is 0 Å². The number of alkyl halides is 5. The largest absolute Gasteiger partial charge is 0.416 e. The molecule has 2 fully saturated rings. The van der Waals surface area contributed by atoms with Crippen molar-refractivity contribution in [3.63, 3.8) is 0 Å². The number of pyridine rings is 1. The molecule has 12 heteroatoms. The van der Waals surface area contributed by atoms with Crippen LogP contribution in [0.5, 0.6) is 0 Å². The fourth-order valence-corrected chi connectivity index (χ4v) is 4.99. The minimum Gasteiger partial charge on any atom is -0.366 e. The minimum absolute atomic E-state index is 0.0113. The van der Waals surface area contributed by atoms with Crippen molar-refractivity contribution < 1.29 is 22.0 Å². The molecule has 3 aromatic heterocycles. The number of nitrogens with one attached hydrogen (secondary N) is 1. The van der Waals surface area contributed by atoms with Gasteiger partial charge in [-0.2, -0.15) is 18.3 Å². The number of aromatic nitrogens is 5. The van der Waals surface area contributed by atoms with E-state index in [1.165, 1.54) is 12.4 Å². The molecule has 0 bridgehead atoms. The second-order valence-corrected chi connectivity index (χ2v) is 8.84. The van der Waals surface area contributed by atoms with E-state index in [0.717, 1.165) is 42.5 Å². The van der Waals surface area contributed by atoms with E-state index >= 15 is 0 Å². The Kier molecular flexibility index (Phi) is 5.32. The van der Waals surface area contributed by atoms with Crippen LogP contribution in [0.4, 0.5) is 33.6 Å². The summed E-state index contributed by atoms with van der Waals surface area (Å²) in [7, 11) is 0. The SMILES string of the molecule is FC(F)Cn1ncc2ncc(NC3CCC4(CCN(c5cc(C(F)(F)F)ccn5)C4)C3)nc21. The fourth-order valence-electron chi connectivity index (χ4n) is 4.99. The Morgan fingerprint density at radius 3 is 2.82 bits per heavy atom. The highest BCUT2D eigenvalue weighted by Crippen LogP contribution is 2.47.